The normalized spacial score (nSPS) is 23.5. The molecule has 73 heavy (non-hydrogen) atoms. The second-order valence-electron chi connectivity index (χ2n) is 18.0. The molecule has 0 aromatic heterocycles. The Bertz CT molecular complexity index is 2190. The maximum absolute atomic E-state index is 14.6. The number of hydrogen-bond donors (Lipinski definition) is 12. The van der Waals surface area contributed by atoms with Crippen molar-refractivity contribution in [2.75, 3.05) is 31.2 Å². The molecule has 0 saturated carbocycles. The highest BCUT2D eigenvalue weighted by molar-refractivity contribution is 8.76. The van der Waals surface area contributed by atoms with Crippen LogP contribution in [-0.2, 0) is 68.7 Å². The van der Waals surface area contributed by atoms with Crippen molar-refractivity contribution in [3.63, 3.8) is 0 Å². The zero-order valence-corrected chi connectivity index (χ0v) is 42.6. The second-order valence-corrected chi connectivity index (χ2v) is 20.5. The number of carboxylic acids is 1. The van der Waals surface area contributed by atoms with Gasteiger partial charge >= 0.3 is 11.9 Å². The summed E-state index contributed by atoms with van der Waals surface area (Å²) in [7, 11) is 1.99. The number of phenolic OH excluding ortho intramolecular Hbond substituents is 1. The molecule has 2 aliphatic rings. The van der Waals surface area contributed by atoms with Gasteiger partial charge < -0.3 is 74.3 Å². The topological polar surface area (TPSA) is 420 Å². The number of aliphatic carboxylic acids is 1. The number of likely N-dealkylation sites (tertiary alicyclic amines) is 1. The summed E-state index contributed by atoms with van der Waals surface area (Å²) >= 11 is 0. The lowest BCUT2D eigenvalue weighted by atomic mass is 9.96. The molecule has 0 radical (unpaired) electrons. The van der Waals surface area contributed by atoms with Gasteiger partial charge in [0.15, 0.2) is 6.61 Å². The van der Waals surface area contributed by atoms with Gasteiger partial charge in [-0.3, -0.25) is 52.7 Å². The number of ether oxygens (including phenoxy) is 1. The van der Waals surface area contributed by atoms with Crippen LogP contribution in [0.4, 0.5) is 0 Å². The number of carbonyl (C=O) groups excluding carboxylic acids is 11. The minimum Gasteiger partial charge on any atom is -0.508 e. The molecule has 0 aliphatic carbocycles. The van der Waals surface area contributed by atoms with Crippen LogP contribution in [-0.4, -0.2) is 166 Å². The van der Waals surface area contributed by atoms with Gasteiger partial charge in [-0.2, -0.15) is 0 Å². The van der Waals surface area contributed by atoms with Crippen LogP contribution < -0.4 is 54.4 Å². The Hall–Kier alpha value is -6.68. The summed E-state index contributed by atoms with van der Waals surface area (Å²) < 4.78 is 4.54. The molecule has 1 aromatic carbocycles. The standard InChI is InChI=1S/C45H67N11O15S2/c1-5-23(4)37-44(69)50-27(12-13-33(47)58)40(65)52-30(17-34(48)59)41(66)54-31(21-73-72-20-26(46)38(63)51-29(42(67)55-37)16-24-8-10-25(57)11-9-24)45(70)56-14-6-7-32(56)43(68)53-28(15-22(2)3)39(64)49-18-36(62)71-19-35(60)61/h8-11,22-23,26-32,37,57H,5-7,12-21,46H2,1-4H3,(H2,47,58)(H2,48,59)(H,49,64)(H,50,69)(H,51,63)(H,52,65)(H,53,68)(H,54,66)(H,55,67)(H,60,61)/t23-,26-,27-,28-,29-,30-,31-,32-,37-/m0/s1. The quantitative estimate of drug-likeness (QED) is 0.0473. The fraction of sp³-hybridized carbons (Fsp3) is 0.600. The number of hydrogen-bond acceptors (Lipinski definition) is 17. The van der Waals surface area contributed by atoms with Gasteiger partial charge in [0.1, 0.15) is 54.6 Å². The number of rotatable bonds is 19. The Kier molecular flexibility index (Phi) is 24.7. The minimum absolute atomic E-state index is 0.00181. The van der Waals surface area contributed by atoms with Crippen LogP contribution in [0.25, 0.3) is 0 Å². The zero-order chi connectivity index (χ0) is 54.5. The molecule has 2 aliphatic heterocycles. The van der Waals surface area contributed by atoms with Gasteiger partial charge in [-0.25, -0.2) is 4.79 Å². The molecule has 0 unspecified atom stereocenters. The van der Waals surface area contributed by atoms with E-state index in [1.807, 2.05) is 0 Å². The summed E-state index contributed by atoms with van der Waals surface area (Å²) in [5.41, 5.74) is 17.7. The summed E-state index contributed by atoms with van der Waals surface area (Å²) in [5.74, 6) is -12.6. The molecule has 3 rings (SSSR count). The first kappa shape index (κ1) is 60.6. The Labute approximate surface area is 429 Å². The van der Waals surface area contributed by atoms with Gasteiger partial charge in [-0.05, 0) is 55.2 Å². The Morgan fingerprint density at radius 2 is 1.44 bits per heavy atom. The minimum atomic E-state index is -1.78. The molecule has 2 heterocycles. The van der Waals surface area contributed by atoms with Crippen molar-refractivity contribution >= 4 is 92.6 Å². The molecule has 15 N–H and O–H groups in total. The summed E-state index contributed by atoms with van der Waals surface area (Å²) in [4.78, 5) is 160. The van der Waals surface area contributed by atoms with Crippen molar-refractivity contribution in [2.24, 2.45) is 29.0 Å². The monoisotopic (exact) mass is 1070 g/mol. The first-order valence-electron chi connectivity index (χ1n) is 23.5. The molecule has 28 heteroatoms. The molecule has 0 spiro atoms. The van der Waals surface area contributed by atoms with Crippen LogP contribution in [0.1, 0.15) is 78.2 Å². The molecule has 2 fully saturated rings. The van der Waals surface area contributed by atoms with Crippen LogP contribution in [0.15, 0.2) is 24.3 Å². The first-order valence-corrected chi connectivity index (χ1v) is 26.0. The number of benzene rings is 1. The fourth-order valence-corrected chi connectivity index (χ4v) is 9.80. The molecule has 0 bridgehead atoms. The van der Waals surface area contributed by atoms with Gasteiger partial charge in [-0.15, -0.1) is 0 Å². The molecular weight excluding hydrogens is 999 g/mol. The van der Waals surface area contributed by atoms with Crippen LogP contribution in [0.2, 0.25) is 0 Å². The Morgan fingerprint density at radius 1 is 0.822 bits per heavy atom. The van der Waals surface area contributed by atoms with Crippen molar-refractivity contribution in [3.8, 4) is 5.75 Å². The lowest BCUT2D eigenvalue weighted by Gasteiger charge is -2.31. The Morgan fingerprint density at radius 3 is 2.05 bits per heavy atom. The first-order chi connectivity index (χ1) is 34.4. The number of carboxylic acid groups (broad SMARTS) is 1. The predicted molar refractivity (Wildman–Crippen MR) is 264 cm³/mol. The maximum Gasteiger partial charge on any atom is 0.341 e. The van der Waals surface area contributed by atoms with Gasteiger partial charge in [0, 0.05) is 30.9 Å². The average molecular weight is 1070 g/mol. The summed E-state index contributed by atoms with van der Waals surface area (Å²) in [6, 6.07) is -5.45. The number of nitrogens with zero attached hydrogens (tertiary/aromatic N) is 1. The van der Waals surface area contributed by atoms with Gasteiger partial charge in [0.25, 0.3) is 0 Å². The highest BCUT2D eigenvalue weighted by Crippen LogP contribution is 2.26. The van der Waals surface area contributed by atoms with Gasteiger partial charge in [-0.1, -0.05) is 67.8 Å². The third-order valence-electron chi connectivity index (χ3n) is 11.6. The van der Waals surface area contributed by atoms with E-state index in [2.05, 4.69) is 42.0 Å². The number of nitrogens with one attached hydrogen (secondary N) is 7. The zero-order valence-electron chi connectivity index (χ0n) is 41.0. The molecule has 9 atom stereocenters. The van der Waals surface area contributed by atoms with Crippen LogP contribution >= 0.6 is 21.6 Å². The van der Waals surface area contributed by atoms with E-state index in [0.717, 1.165) is 21.6 Å². The predicted octanol–water partition coefficient (Wildman–Crippen LogP) is -3.47. The molecular formula is C45H67N11O15S2. The number of esters is 1. The fourth-order valence-electron chi connectivity index (χ4n) is 7.52. The molecule has 10 amide bonds. The number of amides is 10. The third-order valence-corrected chi connectivity index (χ3v) is 14.1. The van der Waals surface area contributed by atoms with Gasteiger partial charge in [0.2, 0.25) is 59.1 Å². The van der Waals surface area contributed by atoms with Gasteiger partial charge in [0.05, 0.1) is 12.5 Å². The van der Waals surface area contributed by atoms with Crippen molar-refractivity contribution in [1.82, 2.24) is 42.1 Å². The van der Waals surface area contributed by atoms with E-state index >= 15 is 0 Å². The largest absolute Gasteiger partial charge is 0.508 e. The van der Waals surface area contributed by atoms with Crippen molar-refractivity contribution in [2.45, 2.75) is 127 Å². The molecule has 2 saturated heterocycles. The lowest BCUT2D eigenvalue weighted by Crippen LogP contribution is -2.61. The van der Waals surface area contributed by atoms with Crippen LogP contribution in [0.3, 0.4) is 0 Å². The highest BCUT2D eigenvalue weighted by atomic mass is 33.1. The van der Waals surface area contributed by atoms with E-state index in [0.29, 0.717) is 18.4 Å². The smallest absolute Gasteiger partial charge is 0.341 e. The SMILES string of the molecule is CC[C@H](C)[C@@H]1NC(=O)[C@H](Cc2ccc(O)cc2)NC(=O)[C@@H](N)CSSC[C@@H](C(=O)N2CCC[C@H]2C(=O)N[C@@H](CC(C)C)C(=O)NCC(=O)OCC(=O)O)NC(=O)[C@H](CC(N)=O)NC(=O)[C@H](CCC(N)=O)NC1=O. The summed E-state index contributed by atoms with van der Waals surface area (Å²) in [6.07, 6.45) is -0.983. The van der Waals surface area contributed by atoms with Crippen LogP contribution in [0, 0.1) is 11.8 Å². The molecule has 1 aromatic rings. The maximum atomic E-state index is 14.6. The number of carbonyl (C=O) groups is 12. The van der Waals surface area contributed by atoms with E-state index in [4.69, 9.17) is 22.3 Å². The summed E-state index contributed by atoms with van der Waals surface area (Å²) in [6.45, 7) is 5.28. The van der Waals surface area contributed by atoms with Crippen LogP contribution in [0.5, 0.6) is 5.75 Å². The Balaban J connectivity index is 2.02. The van der Waals surface area contributed by atoms with Crippen molar-refractivity contribution < 1.29 is 72.5 Å². The number of nitrogens with two attached hydrogens (primary N) is 3. The third kappa shape index (κ3) is 20.4. The van der Waals surface area contributed by atoms with Crippen molar-refractivity contribution in [3.05, 3.63) is 29.8 Å². The average Bonchev–Trinajstić information content (AvgIpc) is 3.83. The second kappa shape index (κ2) is 29.7. The van der Waals surface area contributed by atoms with E-state index in [9.17, 15) is 62.6 Å². The van der Waals surface area contributed by atoms with E-state index < -0.39 is 158 Å². The number of aromatic hydroxyl groups is 1. The lowest BCUT2D eigenvalue weighted by molar-refractivity contribution is -0.154. The molecule has 404 valence electrons. The number of phenols is 1. The summed E-state index contributed by atoms with van der Waals surface area (Å²) in [5, 5.41) is 36.3. The highest BCUT2D eigenvalue weighted by Gasteiger charge is 2.41. The number of primary amides is 2. The van der Waals surface area contributed by atoms with Crippen molar-refractivity contribution in [1.29, 1.82) is 0 Å². The molecule has 26 nitrogen and oxygen atoms in total. The van der Waals surface area contributed by atoms with E-state index in [1.54, 1.807) is 27.7 Å². The van der Waals surface area contributed by atoms with E-state index in [-0.39, 0.29) is 49.0 Å². The van der Waals surface area contributed by atoms with E-state index in [1.165, 1.54) is 29.2 Å².